The maximum atomic E-state index is 12.6. The Morgan fingerprint density at radius 1 is 0.931 bits per heavy atom. The summed E-state index contributed by atoms with van der Waals surface area (Å²) in [5, 5.41) is 4.46. The molecule has 0 saturated heterocycles. The van der Waals surface area contributed by atoms with Gasteiger partial charge in [-0.25, -0.2) is 4.68 Å². The van der Waals surface area contributed by atoms with E-state index in [4.69, 9.17) is 4.74 Å². The van der Waals surface area contributed by atoms with Gasteiger partial charge in [0.05, 0.1) is 5.69 Å². The van der Waals surface area contributed by atoms with E-state index in [-0.39, 0.29) is 12.5 Å². The second-order valence-electron chi connectivity index (χ2n) is 7.44. The molecule has 0 amide bonds. The largest absolute Gasteiger partial charge is 0.484 e. The number of rotatable bonds is 9. The van der Waals surface area contributed by atoms with E-state index in [1.165, 1.54) is 29.5 Å². The van der Waals surface area contributed by atoms with E-state index < -0.39 is 0 Å². The summed E-state index contributed by atoms with van der Waals surface area (Å²) in [5.41, 5.74) is 5.35. The number of unbranched alkanes of at least 4 members (excludes halogenated alkanes) is 3. The van der Waals surface area contributed by atoms with Gasteiger partial charge in [0.1, 0.15) is 5.75 Å². The van der Waals surface area contributed by atoms with E-state index in [2.05, 4.69) is 24.2 Å². The highest BCUT2D eigenvalue weighted by atomic mass is 16.5. The molecule has 152 valence electrons. The van der Waals surface area contributed by atoms with Crippen molar-refractivity contribution in [3.05, 3.63) is 71.5 Å². The summed E-state index contributed by atoms with van der Waals surface area (Å²) in [5.74, 6) is 0.539. The minimum Gasteiger partial charge on any atom is -0.484 e. The van der Waals surface area contributed by atoms with Gasteiger partial charge in [-0.3, -0.25) is 4.79 Å². The van der Waals surface area contributed by atoms with E-state index in [0.717, 1.165) is 35.4 Å². The van der Waals surface area contributed by atoms with Crippen LogP contribution in [0.4, 0.5) is 0 Å². The van der Waals surface area contributed by atoms with Gasteiger partial charge in [0.25, 0.3) is 5.91 Å². The molecule has 3 aromatic rings. The van der Waals surface area contributed by atoms with Gasteiger partial charge in [-0.15, -0.1) is 0 Å². The first kappa shape index (κ1) is 20.8. The topological polar surface area (TPSA) is 44.1 Å². The molecule has 0 saturated carbocycles. The Labute approximate surface area is 173 Å². The highest BCUT2D eigenvalue weighted by Crippen LogP contribution is 2.22. The van der Waals surface area contributed by atoms with E-state index in [0.29, 0.717) is 5.75 Å². The molecule has 3 rings (SSSR count). The summed E-state index contributed by atoms with van der Waals surface area (Å²) >= 11 is 0. The lowest BCUT2D eigenvalue weighted by atomic mass is 10.0. The van der Waals surface area contributed by atoms with Crippen molar-refractivity contribution in [3.8, 4) is 16.9 Å². The molecule has 2 aromatic carbocycles. The number of carbonyl (C=O) groups is 1. The van der Waals surface area contributed by atoms with E-state index in [9.17, 15) is 4.79 Å². The SMILES string of the molecule is CCCCCCc1c(C)nn(C(=O)COc2ccc(-c3ccccc3)cc2)c1C. The Balaban J connectivity index is 1.59. The highest BCUT2D eigenvalue weighted by molar-refractivity contribution is 5.80. The Kier molecular flexibility index (Phi) is 7.23. The van der Waals surface area contributed by atoms with Crippen molar-refractivity contribution in [2.45, 2.75) is 52.9 Å². The molecule has 0 aliphatic heterocycles. The second-order valence-corrected chi connectivity index (χ2v) is 7.44. The Morgan fingerprint density at radius 3 is 2.31 bits per heavy atom. The minimum atomic E-state index is -0.141. The predicted octanol–water partition coefficient (Wildman–Crippen LogP) is 6.01. The van der Waals surface area contributed by atoms with Gasteiger partial charge in [-0.2, -0.15) is 5.10 Å². The molecular weight excluding hydrogens is 360 g/mol. The minimum absolute atomic E-state index is 0.0259. The van der Waals surface area contributed by atoms with Gasteiger partial charge < -0.3 is 4.74 Å². The standard InChI is InChI=1S/C25H30N2O2/c1-4-5-6-10-13-24-19(2)26-27(20(24)3)25(28)18-29-23-16-14-22(15-17-23)21-11-8-7-9-12-21/h7-9,11-12,14-17H,4-6,10,13,18H2,1-3H3. The van der Waals surface area contributed by atoms with Crippen LogP contribution < -0.4 is 4.74 Å². The zero-order valence-electron chi connectivity index (χ0n) is 17.6. The molecule has 0 bridgehead atoms. The van der Waals surface area contributed by atoms with Crippen LogP contribution in [0.5, 0.6) is 5.75 Å². The summed E-state index contributed by atoms with van der Waals surface area (Å²) in [6, 6.07) is 18.0. The third kappa shape index (κ3) is 5.35. The third-order valence-corrected chi connectivity index (χ3v) is 5.28. The lowest BCUT2D eigenvalue weighted by Crippen LogP contribution is -2.21. The van der Waals surface area contributed by atoms with Crippen molar-refractivity contribution in [2.24, 2.45) is 0 Å². The first-order valence-electron chi connectivity index (χ1n) is 10.5. The van der Waals surface area contributed by atoms with Crippen LogP contribution in [-0.4, -0.2) is 22.3 Å². The van der Waals surface area contributed by atoms with Gasteiger partial charge >= 0.3 is 0 Å². The lowest BCUT2D eigenvalue weighted by molar-refractivity contribution is 0.0818. The number of aromatic nitrogens is 2. The van der Waals surface area contributed by atoms with Crippen LogP contribution in [0.2, 0.25) is 0 Å². The quantitative estimate of drug-likeness (QED) is 0.420. The smallest absolute Gasteiger partial charge is 0.284 e. The van der Waals surface area contributed by atoms with Gasteiger partial charge in [0.2, 0.25) is 0 Å². The molecule has 0 aliphatic carbocycles. The summed E-state index contributed by atoms with van der Waals surface area (Å²) in [4.78, 5) is 12.6. The molecule has 0 N–H and O–H groups in total. The first-order chi connectivity index (χ1) is 14.1. The van der Waals surface area contributed by atoms with Crippen molar-refractivity contribution in [1.29, 1.82) is 0 Å². The molecule has 0 radical (unpaired) electrons. The van der Waals surface area contributed by atoms with Gasteiger partial charge in [0, 0.05) is 5.69 Å². The normalized spacial score (nSPS) is 10.9. The van der Waals surface area contributed by atoms with Gasteiger partial charge in [0.15, 0.2) is 6.61 Å². The first-order valence-corrected chi connectivity index (χ1v) is 10.5. The molecule has 4 heteroatoms. The average molecular weight is 391 g/mol. The van der Waals surface area contributed by atoms with E-state index in [1.54, 1.807) is 0 Å². The van der Waals surface area contributed by atoms with Crippen molar-refractivity contribution in [1.82, 2.24) is 9.78 Å². The molecule has 0 fully saturated rings. The number of carbonyl (C=O) groups excluding carboxylic acids is 1. The van der Waals surface area contributed by atoms with Gasteiger partial charge in [-0.1, -0.05) is 68.7 Å². The van der Waals surface area contributed by atoms with Crippen molar-refractivity contribution >= 4 is 5.91 Å². The molecular formula is C25H30N2O2. The Bertz CT molecular complexity index is 927. The summed E-state index contributed by atoms with van der Waals surface area (Å²) in [6.45, 7) is 6.14. The number of aryl methyl sites for hydroxylation is 1. The number of benzene rings is 2. The van der Waals surface area contributed by atoms with Crippen LogP contribution in [0.3, 0.4) is 0 Å². The van der Waals surface area contributed by atoms with Gasteiger partial charge in [-0.05, 0) is 55.5 Å². The molecule has 0 aliphatic rings. The van der Waals surface area contributed by atoms with Crippen LogP contribution in [0.15, 0.2) is 54.6 Å². The number of ether oxygens (including phenoxy) is 1. The van der Waals surface area contributed by atoms with Crippen LogP contribution >= 0.6 is 0 Å². The molecule has 0 unspecified atom stereocenters. The second kappa shape index (κ2) is 10.1. The monoisotopic (exact) mass is 390 g/mol. The molecule has 1 heterocycles. The fraction of sp³-hybridized carbons (Fsp3) is 0.360. The molecule has 0 spiro atoms. The lowest BCUT2D eigenvalue weighted by Gasteiger charge is -2.08. The summed E-state index contributed by atoms with van der Waals surface area (Å²) in [7, 11) is 0. The van der Waals surface area contributed by atoms with Crippen LogP contribution in [0.25, 0.3) is 11.1 Å². The number of hydrogen-bond acceptors (Lipinski definition) is 3. The van der Waals surface area contributed by atoms with Crippen molar-refractivity contribution < 1.29 is 9.53 Å². The average Bonchev–Trinajstić information content (AvgIpc) is 3.04. The Morgan fingerprint density at radius 2 is 1.62 bits per heavy atom. The maximum absolute atomic E-state index is 12.6. The van der Waals surface area contributed by atoms with Crippen LogP contribution in [0.1, 0.15) is 54.4 Å². The fourth-order valence-electron chi connectivity index (χ4n) is 3.59. The number of hydrogen-bond donors (Lipinski definition) is 0. The zero-order valence-corrected chi connectivity index (χ0v) is 17.6. The summed E-state index contributed by atoms with van der Waals surface area (Å²) < 4.78 is 7.22. The third-order valence-electron chi connectivity index (χ3n) is 5.28. The van der Waals surface area contributed by atoms with Crippen LogP contribution in [0, 0.1) is 13.8 Å². The van der Waals surface area contributed by atoms with E-state index >= 15 is 0 Å². The number of nitrogens with zero attached hydrogens (tertiary/aromatic N) is 2. The fourth-order valence-corrected chi connectivity index (χ4v) is 3.59. The predicted molar refractivity (Wildman–Crippen MR) is 118 cm³/mol. The molecule has 1 aromatic heterocycles. The van der Waals surface area contributed by atoms with Crippen molar-refractivity contribution in [3.63, 3.8) is 0 Å². The van der Waals surface area contributed by atoms with Crippen LogP contribution in [-0.2, 0) is 6.42 Å². The molecule has 4 nitrogen and oxygen atoms in total. The van der Waals surface area contributed by atoms with E-state index in [1.807, 2.05) is 56.3 Å². The summed E-state index contributed by atoms with van der Waals surface area (Å²) in [6.07, 6.45) is 5.81. The van der Waals surface area contributed by atoms with Crippen molar-refractivity contribution in [2.75, 3.05) is 6.61 Å². The molecule has 0 atom stereocenters. The zero-order chi connectivity index (χ0) is 20.6. The highest BCUT2D eigenvalue weighted by Gasteiger charge is 2.16. The molecule has 29 heavy (non-hydrogen) atoms. The maximum Gasteiger partial charge on any atom is 0.284 e. The Hall–Kier alpha value is -2.88.